The average Bonchev–Trinajstić information content (AvgIpc) is 2.77. The van der Waals surface area contributed by atoms with Gasteiger partial charge in [-0.1, -0.05) is 23.7 Å². The summed E-state index contributed by atoms with van der Waals surface area (Å²) in [5, 5.41) is 18.8. The van der Waals surface area contributed by atoms with Gasteiger partial charge in [-0.05, 0) is 25.1 Å². The lowest BCUT2D eigenvalue weighted by Gasteiger charge is -2.21. The van der Waals surface area contributed by atoms with E-state index in [4.69, 9.17) is 11.6 Å². The van der Waals surface area contributed by atoms with Gasteiger partial charge in [-0.3, -0.25) is 0 Å². The van der Waals surface area contributed by atoms with Crippen LogP contribution in [0, 0.1) is 0 Å². The first-order chi connectivity index (χ1) is 8.59. The minimum absolute atomic E-state index is 0. The van der Waals surface area contributed by atoms with Crippen LogP contribution in [-0.2, 0) is 0 Å². The van der Waals surface area contributed by atoms with Crippen molar-refractivity contribution >= 4 is 35.7 Å². The second-order valence-electron chi connectivity index (χ2n) is 4.44. The molecule has 0 aliphatic carbocycles. The van der Waals surface area contributed by atoms with Gasteiger partial charge in [-0.15, -0.1) is 12.4 Å². The van der Waals surface area contributed by atoms with E-state index >= 15 is 0 Å². The molecule has 1 aromatic rings. The Labute approximate surface area is 123 Å². The van der Waals surface area contributed by atoms with Crippen molar-refractivity contribution in [1.82, 2.24) is 10.6 Å². The zero-order valence-corrected chi connectivity index (χ0v) is 11.9. The number of para-hydroxylation sites is 1. The Hall–Kier alpha value is -1.01. The molecule has 2 amide bonds. The summed E-state index contributed by atoms with van der Waals surface area (Å²) in [5.41, 5.74) is -0.300. The first-order valence-corrected chi connectivity index (χ1v) is 6.19. The largest absolute Gasteiger partial charge is 0.387 e. The first kappa shape index (κ1) is 16.0. The third-order valence-corrected chi connectivity index (χ3v) is 3.25. The zero-order chi connectivity index (χ0) is 13.0. The molecule has 0 radical (unpaired) electrons. The van der Waals surface area contributed by atoms with Crippen LogP contribution in [-0.4, -0.2) is 36.4 Å². The van der Waals surface area contributed by atoms with E-state index in [0.717, 1.165) is 6.54 Å². The monoisotopic (exact) mass is 305 g/mol. The summed E-state index contributed by atoms with van der Waals surface area (Å²) < 4.78 is 0. The van der Waals surface area contributed by atoms with Gasteiger partial charge in [0.25, 0.3) is 0 Å². The molecule has 7 heteroatoms. The number of β-amino-alcohol motifs (C(OH)–C–C–N with tert-alkyl or cyclic N) is 1. The number of anilines is 1. The van der Waals surface area contributed by atoms with E-state index in [2.05, 4.69) is 16.0 Å². The Kier molecular flexibility index (Phi) is 5.87. The number of nitrogens with one attached hydrogen (secondary N) is 3. The van der Waals surface area contributed by atoms with E-state index in [9.17, 15) is 9.90 Å². The lowest BCUT2D eigenvalue weighted by atomic mass is 10.0. The molecule has 106 valence electrons. The molecule has 1 aliphatic heterocycles. The zero-order valence-electron chi connectivity index (χ0n) is 10.3. The maximum absolute atomic E-state index is 11.7. The minimum Gasteiger partial charge on any atom is -0.387 e. The molecule has 0 saturated carbocycles. The van der Waals surface area contributed by atoms with Crippen molar-refractivity contribution < 1.29 is 9.90 Å². The van der Waals surface area contributed by atoms with Gasteiger partial charge < -0.3 is 21.1 Å². The van der Waals surface area contributed by atoms with E-state index < -0.39 is 5.60 Å². The maximum atomic E-state index is 11.7. The summed E-state index contributed by atoms with van der Waals surface area (Å²) >= 11 is 5.92. The van der Waals surface area contributed by atoms with Crippen LogP contribution in [0.1, 0.15) is 6.42 Å². The first-order valence-electron chi connectivity index (χ1n) is 5.82. The Morgan fingerprint density at radius 2 is 2.21 bits per heavy atom. The summed E-state index contributed by atoms with van der Waals surface area (Å²) in [6, 6.07) is 6.62. The van der Waals surface area contributed by atoms with Crippen LogP contribution >= 0.6 is 24.0 Å². The predicted molar refractivity (Wildman–Crippen MR) is 78.2 cm³/mol. The fourth-order valence-electron chi connectivity index (χ4n) is 1.86. The second-order valence-corrected chi connectivity index (χ2v) is 4.85. The Morgan fingerprint density at radius 1 is 1.47 bits per heavy atom. The van der Waals surface area contributed by atoms with E-state index in [1.54, 1.807) is 24.3 Å². The van der Waals surface area contributed by atoms with Crippen molar-refractivity contribution in [2.45, 2.75) is 12.0 Å². The molecule has 0 bridgehead atoms. The number of benzene rings is 1. The molecular formula is C12H17Cl2N3O2. The SMILES string of the molecule is Cl.O=C(NCC1(O)CCNC1)Nc1ccccc1Cl. The van der Waals surface area contributed by atoms with Gasteiger partial charge in [0, 0.05) is 13.1 Å². The molecule has 1 fully saturated rings. The number of hydrogen-bond donors (Lipinski definition) is 4. The van der Waals surface area contributed by atoms with E-state index in [-0.39, 0.29) is 25.0 Å². The minimum atomic E-state index is -0.849. The van der Waals surface area contributed by atoms with Crippen LogP contribution in [0.5, 0.6) is 0 Å². The number of rotatable bonds is 3. The molecule has 4 N–H and O–H groups in total. The average molecular weight is 306 g/mol. The smallest absolute Gasteiger partial charge is 0.319 e. The molecule has 1 heterocycles. The van der Waals surface area contributed by atoms with Crippen LogP contribution in [0.25, 0.3) is 0 Å². The van der Waals surface area contributed by atoms with Crippen LogP contribution in [0.3, 0.4) is 0 Å². The summed E-state index contributed by atoms with van der Waals surface area (Å²) in [7, 11) is 0. The standard InChI is InChI=1S/C12H16ClN3O2.ClH/c13-9-3-1-2-4-10(9)16-11(17)15-8-12(18)5-6-14-7-12;/h1-4,14,18H,5-8H2,(H2,15,16,17);1H. The number of halogens is 2. The highest BCUT2D eigenvalue weighted by Crippen LogP contribution is 2.20. The van der Waals surface area contributed by atoms with Crippen molar-refractivity contribution in [1.29, 1.82) is 0 Å². The summed E-state index contributed by atoms with van der Waals surface area (Å²) in [5.74, 6) is 0. The van der Waals surface area contributed by atoms with E-state index in [0.29, 0.717) is 23.7 Å². The lowest BCUT2D eigenvalue weighted by molar-refractivity contribution is 0.0640. The molecule has 0 aromatic heterocycles. The Balaban J connectivity index is 0.00000180. The number of carbonyl (C=O) groups is 1. The van der Waals surface area contributed by atoms with Gasteiger partial charge in [0.2, 0.25) is 0 Å². The highest BCUT2D eigenvalue weighted by Gasteiger charge is 2.31. The topological polar surface area (TPSA) is 73.4 Å². The van der Waals surface area contributed by atoms with Crippen LogP contribution < -0.4 is 16.0 Å². The third kappa shape index (κ3) is 4.54. The Morgan fingerprint density at radius 3 is 2.84 bits per heavy atom. The van der Waals surface area contributed by atoms with Gasteiger partial charge in [0.05, 0.1) is 16.3 Å². The molecular weight excluding hydrogens is 289 g/mol. The second kappa shape index (κ2) is 6.96. The quantitative estimate of drug-likeness (QED) is 0.685. The van der Waals surface area contributed by atoms with Crippen LogP contribution in [0.15, 0.2) is 24.3 Å². The van der Waals surface area contributed by atoms with Gasteiger partial charge in [-0.25, -0.2) is 4.79 Å². The molecule has 0 spiro atoms. The Bertz CT molecular complexity index is 437. The van der Waals surface area contributed by atoms with Crippen molar-refractivity contribution in [3.63, 3.8) is 0 Å². The number of carbonyl (C=O) groups excluding carboxylic acids is 1. The molecule has 2 rings (SSSR count). The normalized spacial score (nSPS) is 21.6. The van der Waals surface area contributed by atoms with Crippen LogP contribution in [0.2, 0.25) is 5.02 Å². The fraction of sp³-hybridized carbons (Fsp3) is 0.417. The van der Waals surface area contributed by atoms with E-state index in [1.807, 2.05) is 0 Å². The van der Waals surface area contributed by atoms with Gasteiger partial charge in [0.15, 0.2) is 0 Å². The third-order valence-electron chi connectivity index (χ3n) is 2.92. The molecule has 1 unspecified atom stereocenters. The van der Waals surface area contributed by atoms with Crippen LogP contribution in [0.4, 0.5) is 10.5 Å². The number of aliphatic hydroxyl groups is 1. The van der Waals surface area contributed by atoms with E-state index in [1.165, 1.54) is 0 Å². The lowest BCUT2D eigenvalue weighted by Crippen LogP contribution is -2.45. The molecule has 19 heavy (non-hydrogen) atoms. The van der Waals surface area contributed by atoms with Gasteiger partial charge >= 0.3 is 6.03 Å². The van der Waals surface area contributed by atoms with Crippen molar-refractivity contribution in [2.24, 2.45) is 0 Å². The van der Waals surface area contributed by atoms with Gasteiger partial charge in [0.1, 0.15) is 0 Å². The number of amides is 2. The molecule has 1 saturated heterocycles. The summed E-state index contributed by atoms with van der Waals surface area (Å²) in [4.78, 5) is 11.7. The molecule has 1 aliphatic rings. The van der Waals surface area contributed by atoms with Crippen molar-refractivity contribution in [2.75, 3.05) is 25.0 Å². The highest BCUT2D eigenvalue weighted by molar-refractivity contribution is 6.33. The maximum Gasteiger partial charge on any atom is 0.319 e. The highest BCUT2D eigenvalue weighted by atomic mass is 35.5. The van der Waals surface area contributed by atoms with Crippen molar-refractivity contribution in [3.8, 4) is 0 Å². The fourth-order valence-corrected chi connectivity index (χ4v) is 2.04. The van der Waals surface area contributed by atoms with Crippen molar-refractivity contribution in [3.05, 3.63) is 29.3 Å². The molecule has 1 atom stereocenters. The summed E-state index contributed by atoms with van der Waals surface area (Å²) in [6.07, 6.45) is 0.638. The molecule has 1 aromatic carbocycles. The number of hydrogen-bond acceptors (Lipinski definition) is 3. The summed E-state index contributed by atoms with van der Waals surface area (Å²) in [6.45, 7) is 1.49. The van der Waals surface area contributed by atoms with Gasteiger partial charge in [-0.2, -0.15) is 0 Å². The number of urea groups is 1. The predicted octanol–water partition coefficient (Wildman–Crippen LogP) is 1.61. The molecule has 5 nitrogen and oxygen atoms in total.